The second-order valence-corrected chi connectivity index (χ2v) is 22.6. The van der Waals surface area contributed by atoms with Gasteiger partial charge in [-0.2, -0.15) is 0 Å². The molecule has 11 aromatic rings. The van der Waals surface area contributed by atoms with Crippen LogP contribution in [-0.2, 0) is 16.2 Å². The number of para-hydroxylation sites is 3. The summed E-state index contributed by atoms with van der Waals surface area (Å²) in [6.45, 7) is 18.2. The number of hydrogen-bond acceptors (Lipinski definition) is 4. The maximum atomic E-state index is 9.20. The number of nitrogens with zero attached hydrogens (tertiary/aromatic N) is 4. The number of benzene rings is 9. The molecule has 0 bridgehead atoms. The van der Waals surface area contributed by atoms with Crippen LogP contribution in [0.3, 0.4) is 0 Å². The Bertz CT molecular complexity index is 4220. The lowest BCUT2D eigenvalue weighted by Crippen LogP contribution is -2.25. The number of fused-ring (bicyclic) bond motifs is 4. The van der Waals surface area contributed by atoms with Crippen LogP contribution in [0, 0.1) is 0 Å². The van der Waals surface area contributed by atoms with Crippen LogP contribution in [-0.4, -0.2) is 16.2 Å². The molecule has 2 aromatic heterocycles. The van der Waals surface area contributed by atoms with E-state index in [0.29, 0.717) is 23.7 Å². The van der Waals surface area contributed by atoms with E-state index in [1.165, 1.54) is 11.1 Å². The Morgan fingerprint density at radius 1 is 0.447 bits per heavy atom. The SMILES string of the molecule is [2H]c1c([2H])c([2H])c(-c2cccc(-c3cccc(C(C)(C)C)c3)c2N2CN(c3cccc(Oc4ccc5c6cc(-c7ccc(C(C)(C)C)cc7)ccc6n(-c6cc(C(C)(C)c7ccccc7)ccn6)c5c4)c3)c3ccccc32)c([2H])c1[2H]. The quantitative estimate of drug-likeness (QED) is 0.137. The lowest BCUT2D eigenvalue weighted by Gasteiger charge is -2.28. The Hall–Kier alpha value is -8.67. The minimum Gasteiger partial charge on any atom is -0.457 e. The average molecular weight is 994 g/mol. The van der Waals surface area contributed by atoms with Crippen LogP contribution in [0.15, 0.2) is 231 Å². The fraction of sp³-hybridized carbons (Fsp3) is 0.169. The predicted octanol–water partition coefficient (Wildman–Crippen LogP) is 19.1. The van der Waals surface area contributed by atoms with Crippen molar-refractivity contribution in [1.82, 2.24) is 9.55 Å². The van der Waals surface area contributed by atoms with E-state index in [9.17, 15) is 2.74 Å². The Labute approximate surface area is 455 Å². The van der Waals surface area contributed by atoms with Gasteiger partial charge < -0.3 is 14.5 Å². The molecule has 0 saturated carbocycles. The van der Waals surface area contributed by atoms with Crippen molar-refractivity contribution < 1.29 is 11.6 Å². The molecule has 0 atom stereocenters. The number of rotatable bonds is 10. The van der Waals surface area contributed by atoms with Crippen LogP contribution in [0.4, 0.5) is 22.7 Å². The monoisotopic (exact) mass is 994 g/mol. The van der Waals surface area contributed by atoms with Gasteiger partial charge in [-0.1, -0.05) is 207 Å². The summed E-state index contributed by atoms with van der Waals surface area (Å²) >= 11 is 0. The van der Waals surface area contributed by atoms with Crippen molar-refractivity contribution in [2.24, 2.45) is 0 Å². The van der Waals surface area contributed by atoms with Gasteiger partial charge in [-0.05, 0) is 116 Å². The van der Waals surface area contributed by atoms with Gasteiger partial charge in [-0.3, -0.25) is 4.57 Å². The Morgan fingerprint density at radius 2 is 1.11 bits per heavy atom. The Morgan fingerprint density at radius 3 is 1.86 bits per heavy atom. The normalized spacial score (nSPS) is 13.8. The molecule has 12 rings (SSSR count). The van der Waals surface area contributed by atoms with Crippen LogP contribution >= 0.6 is 0 Å². The first-order valence-corrected chi connectivity index (χ1v) is 26.2. The van der Waals surface area contributed by atoms with E-state index in [1.807, 2.05) is 48.7 Å². The molecule has 5 heteroatoms. The molecular formula is C71H64N4O. The third-order valence-electron chi connectivity index (χ3n) is 15.2. The van der Waals surface area contributed by atoms with Crippen molar-refractivity contribution in [2.75, 3.05) is 16.5 Å². The molecule has 0 radical (unpaired) electrons. The molecule has 0 fully saturated rings. The summed E-state index contributed by atoms with van der Waals surface area (Å²) in [4.78, 5) is 9.51. The molecular weight excluding hydrogens is 925 g/mol. The molecule has 0 N–H and O–H groups in total. The minimum atomic E-state index is -0.427. The molecule has 0 spiro atoms. The van der Waals surface area contributed by atoms with E-state index < -0.39 is 6.04 Å². The number of hydrogen-bond donors (Lipinski definition) is 0. The highest BCUT2D eigenvalue weighted by molar-refractivity contribution is 6.11. The smallest absolute Gasteiger partial charge is 0.137 e. The second kappa shape index (κ2) is 18.9. The van der Waals surface area contributed by atoms with E-state index in [-0.39, 0.29) is 46.0 Å². The van der Waals surface area contributed by atoms with E-state index >= 15 is 0 Å². The minimum absolute atomic E-state index is 0.0502. The highest BCUT2D eigenvalue weighted by Gasteiger charge is 2.32. The van der Waals surface area contributed by atoms with E-state index in [4.69, 9.17) is 13.8 Å². The van der Waals surface area contributed by atoms with E-state index in [0.717, 1.165) is 83.8 Å². The van der Waals surface area contributed by atoms with Gasteiger partial charge >= 0.3 is 0 Å². The molecule has 0 amide bonds. The summed E-state index contributed by atoms with van der Waals surface area (Å²) in [5.41, 5.74) is 14.7. The Kier molecular flexibility index (Phi) is 10.6. The van der Waals surface area contributed by atoms with Crippen molar-refractivity contribution in [1.29, 1.82) is 0 Å². The first-order valence-electron chi connectivity index (χ1n) is 28.7. The summed E-state index contributed by atoms with van der Waals surface area (Å²) < 4.78 is 53.5. The van der Waals surface area contributed by atoms with Gasteiger partial charge in [-0.15, -0.1) is 0 Å². The van der Waals surface area contributed by atoms with Crippen LogP contribution in [0.1, 0.15) is 84.5 Å². The van der Waals surface area contributed by atoms with Gasteiger partial charge in [0, 0.05) is 51.3 Å². The molecule has 76 heavy (non-hydrogen) atoms. The standard InChI is InChI=1S/C71H64N4O/c1-69(2,3)52-35-32-48(33-36-52)50-34-39-63-62(43-50)61-38-37-58(46-66(61)75(63)67-44-55(40-41-72-67)71(7,8)53-23-13-10-14-24-53)76-57-27-18-26-56(45-57)73-47-74(65-31-16-15-30-64(65)73)68-59(49-20-11-9-12-21-49)28-19-29-60(68)51-22-17-25-54(42-51)70(4,5)6/h9-46H,47H2,1-8H3/i9D,11D,12D,20D,21D. The number of aromatic nitrogens is 2. The molecule has 0 unspecified atom stereocenters. The van der Waals surface area contributed by atoms with E-state index in [1.54, 1.807) is 0 Å². The highest BCUT2D eigenvalue weighted by Crippen LogP contribution is 2.51. The van der Waals surface area contributed by atoms with Gasteiger partial charge in [0.1, 0.15) is 24.0 Å². The topological polar surface area (TPSA) is 33.5 Å². The molecule has 9 aromatic carbocycles. The maximum absolute atomic E-state index is 9.20. The van der Waals surface area contributed by atoms with Crippen LogP contribution in [0.25, 0.3) is 61.0 Å². The number of ether oxygens (including phenoxy) is 1. The van der Waals surface area contributed by atoms with Crippen molar-refractivity contribution >= 4 is 44.6 Å². The van der Waals surface area contributed by atoms with Gasteiger partial charge in [0.05, 0.1) is 34.9 Å². The zero-order chi connectivity index (χ0) is 56.7. The summed E-state index contributed by atoms with van der Waals surface area (Å²) in [7, 11) is 0. The number of anilines is 4. The first-order chi connectivity index (χ1) is 38.8. The molecule has 0 saturated heterocycles. The average Bonchev–Trinajstić information content (AvgIpc) is 4.07. The Balaban J connectivity index is 0.952. The zero-order valence-corrected chi connectivity index (χ0v) is 44.5. The molecule has 1 aliphatic rings. The first kappa shape index (κ1) is 42.7. The van der Waals surface area contributed by atoms with Crippen LogP contribution < -0.4 is 14.5 Å². The zero-order valence-electron chi connectivity index (χ0n) is 49.5. The van der Waals surface area contributed by atoms with Crippen molar-refractivity contribution in [2.45, 2.75) is 71.6 Å². The van der Waals surface area contributed by atoms with Crippen LogP contribution in [0.2, 0.25) is 0 Å². The third kappa shape index (κ3) is 8.90. The van der Waals surface area contributed by atoms with Crippen molar-refractivity contribution in [3.63, 3.8) is 0 Å². The summed E-state index contributed by atoms with van der Waals surface area (Å²) in [6.07, 6.45) is 1.92. The lowest BCUT2D eigenvalue weighted by atomic mass is 9.78. The molecule has 374 valence electrons. The summed E-state index contributed by atoms with van der Waals surface area (Å²) in [5.74, 6) is 2.13. The maximum Gasteiger partial charge on any atom is 0.137 e. The lowest BCUT2D eigenvalue weighted by molar-refractivity contribution is 0.483. The largest absolute Gasteiger partial charge is 0.457 e. The molecule has 5 nitrogen and oxygen atoms in total. The fourth-order valence-electron chi connectivity index (χ4n) is 10.9. The molecule has 1 aliphatic heterocycles. The summed E-state index contributed by atoms with van der Waals surface area (Å²) in [6, 6.07) is 65.9. The molecule has 3 heterocycles. The van der Waals surface area contributed by atoms with Crippen molar-refractivity contribution in [3.05, 3.63) is 253 Å². The molecule has 0 aliphatic carbocycles. The van der Waals surface area contributed by atoms with Crippen molar-refractivity contribution in [3.8, 4) is 50.7 Å². The highest BCUT2D eigenvalue weighted by atomic mass is 16.5. The van der Waals surface area contributed by atoms with Crippen LogP contribution in [0.5, 0.6) is 11.5 Å². The van der Waals surface area contributed by atoms with Gasteiger partial charge in [0.15, 0.2) is 0 Å². The van der Waals surface area contributed by atoms with E-state index in [2.05, 4.69) is 221 Å². The predicted molar refractivity (Wildman–Crippen MR) is 319 cm³/mol. The van der Waals surface area contributed by atoms with Gasteiger partial charge in [-0.25, -0.2) is 4.98 Å². The van der Waals surface area contributed by atoms with Gasteiger partial charge in [0.25, 0.3) is 0 Å². The second-order valence-electron chi connectivity index (χ2n) is 22.6. The number of pyridine rings is 1. The summed E-state index contributed by atoms with van der Waals surface area (Å²) in [5, 5.41) is 2.19. The van der Waals surface area contributed by atoms with Gasteiger partial charge in [0.2, 0.25) is 0 Å². The third-order valence-corrected chi connectivity index (χ3v) is 15.2. The fourth-order valence-corrected chi connectivity index (χ4v) is 10.9.